The van der Waals surface area contributed by atoms with E-state index in [0.717, 1.165) is 5.56 Å². The molecule has 0 radical (unpaired) electrons. The Kier molecular flexibility index (Phi) is 7.31. The number of nitrogens with zero attached hydrogens (tertiary/aromatic N) is 6. The molecule has 1 aromatic heterocycles. The van der Waals surface area contributed by atoms with Crippen molar-refractivity contribution in [3.05, 3.63) is 41.7 Å². The molecule has 0 saturated carbocycles. The molecule has 31 heavy (non-hydrogen) atoms. The van der Waals surface area contributed by atoms with Gasteiger partial charge in [-0.05, 0) is 35.9 Å². The number of esters is 1. The summed E-state index contributed by atoms with van der Waals surface area (Å²) in [4.78, 5) is 40.1. The maximum atomic E-state index is 12.8. The van der Waals surface area contributed by atoms with Gasteiger partial charge in [-0.1, -0.05) is 30.3 Å². The molecule has 3 rings (SSSR count). The van der Waals surface area contributed by atoms with Gasteiger partial charge in [-0.2, -0.15) is 4.68 Å². The number of carbonyl (C=O) groups is 3. The molecule has 2 aromatic rings. The molecule has 164 valence electrons. The zero-order valence-electron chi connectivity index (χ0n) is 17.4. The summed E-state index contributed by atoms with van der Waals surface area (Å²) in [7, 11) is 0. The van der Waals surface area contributed by atoms with E-state index in [-0.39, 0.29) is 11.6 Å². The van der Waals surface area contributed by atoms with E-state index in [4.69, 9.17) is 9.47 Å². The second-order valence-electron chi connectivity index (χ2n) is 6.72. The number of carbonyl (C=O) groups excluding carboxylic acids is 3. The Balaban J connectivity index is 1.61. The topological polar surface area (TPSA) is 120 Å². The maximum Gasteiger partial charge on any atom is 0.409 e. The van der Waals surface area contributed by atoms with Crippen LogP contribution in [-0.4, -0.2) is 87.4 Å². The molecule has 1 saturated heterocycles. The fourth-order valence-corrected chi connectivity index (χ4v) is 3.01. The zero-order chi connectivity index (χ0) is 22.2. The van der Waals surface area contributed by atoms with E-state index >= 15 is 0 Å². The lowest BCUT2D eigenvalue weighted by molar-refractivity contribution is -0.148. The van der Waals surface area contributed by atoms with E-state index < -0.39 is 18.7 Å². The molecule has 2 heterocycles. The van der Waals surface area contributed by atoms with Crippen molar-refractivity contribution in [3.8, 4) is 0 Å². The van der Waals surface area contributed by atoms with Crippen LogP contribution in [0.5, 0.6) is 0 Å². The monoisotopic (exact) mass is 428 g/mol. The first-order chi connectivity index (χ1) is 15.0. The second-order valence-corrected chi connectivity index (χ2v) is 6.72. The highest BCUT2D eigenvalue weighted by atomic mass is 16.6. The van der Waals surface area contributed by atoms with E-state index in [0.29, 0.717) is 38.6 Å². The highest BCUT2D eigenvalue weighted by Crippen LogP contribution is 2.14. The van der Waals surface area contributed by atoms with Crippen LogP contribution in [0.1, 0.15) is 18.3 Å². The molecular weight excluding hydrogens is 404 g/mol. The van der Waals surface area contributed by atoms with Crippen molar-refractivity contribution in [3.63, 3.8) is 0 Å². The molecule has 11 nitrogen and oxygen atoms in total. The van der Waals surface area contributed by atoms with E-state index in [1.165, 1.54) is 4.68 Å². The quantitative estimate of drug-likeness (QED) is 0.490. The number of benzene rings is 1. The molecule has 0 bridgehead atoms. The summed E-state index contributed by atoms with van der Waals surface area (Å²) in [6.45, 7) is 4.67. The standard InChI is InChI=1S/C20H24N6O5/c1-3-30-20(29)25-11-9-24(10-12-25)18(27)14-31-19(28)17(26-15(2)21-22-23-26)13-16-7-5-4-6-8-16/h4-8,13H,3,9-12,14H2,1-2H3/b17-13-. The third-order valence-corrected chi connectivity index (χ3v) is 4.65. The van der Waals surface area contributed by atoms with Gasteiger partial charge in [0.25, 0.3) is 5.91 Å². The van der Waals surface area contributed by atoms with Gasteiger partial charge in [0.15, 0.2) is 18.1 Å². The highest BCUT2D eigenvalue weighted by Gasteiger charge is 2.26. The fourth-order valence-electron chi connectivity index (χ4n) is 3.01. The van der Waals surface area contributed by atoms with Gasteiger partial charge in [0, 0.05) is 26.2 Å². The van der Waals surface area contributed by atoms with Crippen molar-refractivity contribution >= 4 is 29.7 Å². The Labute approximate surface area is 179 Å². The number of amides is 2. The highest BCUT2D eigenvalue weighted by molar-refractivity contribution is 6.15. The SMILES string of the molecule is CCOC(=O)N1CCN(C(=O)COC(=O)/C(=C/c2ccccc2)n2nnnc2C)CC1. The number of rotatable bonds is 6. The number of aromatic nitrogens is 4. The molecule has 1 fully saturated rings. The number of piperazine rings is 1. The van der Waals surface area contributed by atoms with Crippen molar-refractivity contribution in [2.75, 3.05) is 39.4 Å². The summed E-state index contributed by atoms with van der Waals surface area (Å²) >= 11 is 0. The molecule has 0 N–H and O–H groups in total. The normalized spacial score (nSPS) is 14.3. The molecule has 11 heteroatoms. The first kappa shape index (κ1) is 21.9. The Hall–Kier alpha value is -3.76. The summed E-state index contributed by atoms with van der Waals surface area (Å²) in [6, 6.07) is 9.17. The van der Waals surface area contributed by atoms with Gasteiger partial charge in [-0.15, -0.1) is 5.10 Å². The van der Waals surface area contributed by atoms with Gasteiger partial charge < -0.3 is 19.3 Å². The van der Waals surface area contributed by atoms with Crippen LogP contribution in [0.25, 0.3) is 11.8 Å². The van der Waals surface area contributed by atoms with Crippen LogP contribution in [-0.2, 0) is 19.1 Å². The van der Waals surface area contributed by atoms with Gasteiger partial charge in [0.2, 0.25) is 0 Å². The van der Waals surface area contributed by atoms with Gasteiger partial charge in [0.05, 0.1) is 6.61 Å². The molecule has 1 aromatic carbocycles. The summed E-state index contributed by atoms with van der Waals surface area (Å²) in [5.74, 6) is -0.664. The van der Waals surface area contributed by atoms with Crippen molar-refractivity contribution in [1.82, 2.24) is 30.0 Å². The Morgan fingerprint density at radius 1 is 1.03 bits per heavy atom. The number of aryl methyl sites for hydroxylation is 1. The molecular formula is C20H24N6O5. The molecule has 1 aliphatic rings. The largest absolute Gasteiger partial charge is 0.451 e. The van der Waals surface area contributed by atoms with Gasteiger partial charge in [-0.25, -0.2) is 9.59 Å². The fraction of sp³-hybridized carbons (Fsp3) is 0.400. The van der Waals surface area contributed by atoms with Crippen LogP contribution in [0.15, 0.2) is 30.3 Å². The predicted molar refractivity (Wildman–Crippen MR) is 109 cm³/mol. The van der Waals surface area contributed by atoms with Gasteiger partial charge in [-0.3, -0.25) is 4.79 Å². The summed E-state index contributed by atoms with van der Waals surface area (Å²) in [5.41, 5.74) is 0.847. The number of hydrogen-bond donors (Lipinski definition) is 0. The first-order valence-electron chi connectivity index (χ1n) is 9.88. The number of hydrogen-bond acceptors (Lipinski definition) is 8. The van der Waals surface area contributed by atoms with E-state index in [1.807, 2.05) is 30.3 Å². The molecule has 0 aliphatic carbocycles. The minimum absolute atomic E-state index is 0.0913. The Morgan fingerprint density at radius 2 is 1.71 bits per heavy atom. The zero-order valence-corrected chi connectivity index (χ0v) is 17.4. The summed E-state index contributed by atoms with van der Waals surface area (Å²) in [6.07, 6.45) is 1.20. The van der Waals surface area contributed by atoms with Crippen molar-refractivity contribution in [1.29, 1.82) is 0 Å². The Bertz CT molecular complexity index is 950. The van der Waals surface area contributed by atoms with Crippen LogP contribution in [0, 0.1) is 6.92 Å². The summed E-state index contributed by atoms with van der Waals surface area (Å²) < 4.78 is 11.5. The number of tetrazole rings is 1. The molecule has 1 aliphatic heterocycles. The lowest BCUT2D eigenvalue weighted by Crippen LogP contribution is -2.51. The van der Waals surface area contributed by atoms with Crippen LogP contribution >= 0.6 is 0 Å². The van der Waals surface area contributed by atoms with Gasteiger partial charge in [0.1, 0.15) is 0 Å². The third kappa shape index (κ3) is 5.65. The molecule has 0 atom stereocenters. The smallest absolute Gasteiger partial charge is 0.409 e. The molecule has 0 unspecified atom stereocenters. The lowest BCUT2D eigenvalue weighted by Gasteiger charge is -2.33. The minimum atomic E-state index is -0.724. The minimum Gasteiger partial charge on any atom is -0.451 e. The third-order valence-electron chi connectivity index (χ3n) is 4.65. The maximum absolute atomic E-state index is 12.8. The average Bonchev–Trinajstić information content (AvgIpc) is 3.22. The van der Waals surface area contributed by atoms with Crippen LogP contribution in [0.2, 0.25) is 0 Å². The Morgan fingerprint density at radius 3 is 2.32 bits per heavy atom. The first-order valence-corrected chi connectivity index (χ1v) is 9.88. The molecule has 0 spiro atoms. The van der Waals surface area contributed by atoms with Crippen molar-refractivity contribution in [2.24, 2.45) is 0 Å². The van der Waals surface area contributed by atoms with Crippen LogP contribution < -0.4 is 0 Å². The van der Waals surface area contributed by atoms with Crippen LogP contribution in [0.4, 0.5) is 4.79 Å². The lowest BCUT2D eigenvalue weighted by atomic mass is 10.2. The van der Waals surface area contributed by atoms with Crippen LogP contribution in [0.3, 0.4) is 0 Å². The van der Waals surface area contributed by atoms with Crippen molar-refractivity contribution in [2.45, 2.75) is 13.8 Å². The predicted octanol–water partition coefficient (Wildman–Crippen LogP) is 0.824. The van der Waals surface area contributed by atoms with E-state index in [2.05, 4.69) is 15.5 Å². The van der Waals surface area contributed by atoms with E-state index in [9.17, 15) is 14.4 Å². The van der Waals surface area contributed by atoms with Crippen molar-refractivity contribution < 1.29 is 23.9 Å². The average molecular weight is 428 g/mol. The molecule has 2 amide bonds. The van der Waals surface area contributed by atoms with E-state index in [1.54, 1.807) is 29.7 Å². The van der Waals surface area contributed by atoms with Gasteiger partial charge >= 0.3 is 12.1 Å². The number of ether oxygens (including phenoxy) is 2. The second kappa shape index (κ2) is 10.3. The summed E-state index contributed by atoms with van der Waals surface area (Å²) in [5, 5.41) is 11.2.